The summed E-state index contributed by atoms with van der Waals surface area (Å²) in [5, 5.41) is 17.7. The number of aliphatic hydroxyl groups is 2. The Bertz CT molecular complexity index is 243. The molecule has 60 valence electrons. The van der Waals surface area contributed by atoms with Crippen molar-refractivity contribution < 1.29 is 10.2 Å². The van der Waals surface area contributed by atoms with E-state index in [1.54, 1.807) is 0 Å². The first-order chi connectivity index (χ1) is 5.27. The number of hydrogen-bond donors (Lipinski definition) is 2. The first kappa shape index (κ1) is 8.24. The fourth-order valence-electron chi connectivity index (χ4n) is 1.06. The number of hydrogen-bond acceptors (Lipinski definition) is 2. The Morgan fingerprint density at radius 3 is 2.27 bits per heavy atom. The van der Waals surface area contributed by atoms with E-state index < -0.39 is 0 Å². The van der Waals surface area contributed by atoms with Gasteiger partial charge in [0.1, 0.15) is 0 Å². The quantitative estimate of drug-likeness (QED) is 0.663. The fraction of sp³-hybridized carbons (Fsp3) is 0.333. The summed E-state index contributed by atoms with van der Waals surface area (Å²) in [5.74, 6) is 0. The van der Waals surface area contributed by atoms with E-state index >= 15 is 0 Å². The summed E-state index contributed by atoms with van der Waals surface area (Å²) in [4.78, 5) is 0. The highest BCUT2D eigenvalue weighted by Gasteiger charge is 1.98. The van der Waals surface area contributed by atoms with Crippen molar-refractivity contribution in [3.63, 3.8) is 0 Å². The van der Waals surface area contributed by atoms with Gasteiger partial charge in [-0.15, -0.1) is 0 Å². The third-order valence-corrected chi connectivity index (χ3v) is 1.70. The zero-order chi connectivity index (χ0) is 8.27. The Morgan fingerprint density at radius 1 is 1.09 bits per heavy atom. The van der Waals surface area contributed by atoms with Crippen molar-refractivity contribution in [2.75, 3.05) is 0 Å². The first-order valence-corrected chi connectivity index (χ1v) is 3.58. The first-order valence-electron chi connectivity index (χ1n) is 3.58. The lowest BCUT2D eigenvalue weighted by atomic mass is 10.1. The van der Waals surface area contributed by atoms with E-state index in [4.69, 9.17) is 10.2 Å². The van der Waals surface area contributed by atoms with Crippen LogP contribution in [0.3, 0.4) is 0 Å². The molecule has 0 fully saturated rings. The molecule has 2 N–H and O–H groups in total. The number of benzene rings is 1. The fourth-order valence-corrected chi connectivity index (χ4v) is 1.06. The molecule has 0 saturated heterocycles. The lowest BCUT2D eigenvalue weighted by Crippen LogP contribution is -1.93. The highest BCUT2D eigenvalue weighted by molar-refractivity contribution is 5.30. The van der Waals surface area contributed by atoms with Crippen LogP contribution < -0.4 is 0 Å². The van der Waals surface area contributed by atoms with Crippen LogP contribution in [-0.4, -0.2) is 10.2 Å². The highest BCUT2D eigenvalue weighted by Crippen LogP contribution is 2.11. The minimum atomic E-state index is -0.00380. The van der Waals surface area contributed by atoms with Crippen molar-refractivity contribution in [1.29, 1.82) is 0 Å². The lowest BCUT2D eigenvalue weighted by molar-refractivity contribution is 0.260. The van der Waals surface area contributed by atoms with Crippen molar-refractivity contribution in [3.8, 4) is 0 Å². The maximum absolute atomic E-state index is 8.86. The number of aryl methyl sites for hydroxylation is 1. The summed E-state index contributed by atoms with van der Waals surface area (Å²) >= 11 is 0. The second-order valence-electron chi connectivity index (χ2n) is 2.59. The van der Waals surface area contributed by atoms with Gasteiger partial charge in [-0.1, -0.05) is 23.8 Å². The molecule has 0 aliphatic carbocycles. The molecule has 0 saturated carbocycles. The molecule has 1 rings (SSSR count). The molecule has 0 spiro atoms. The van der Waals surface area contributed by atoms with E-state index in [9.17, 15) is 0 Å². The summed E-state index contributed by atoms with van der Waals surface area (Å²) in [5.41, 5.74) is 2.72. The molecule has 2 heteroatoms. The molecule has 0 unspecified atom stereocenters. The van der Waals surface area contributed by atoms with Crippen LogP contribution in [0.4, 0.5) is 0 Å². The molecule has 0 aromatic heterocycles. The van der Waals surface area contributed by atoms with Gasteiger partial charge in [0.25, 0.3) is 0 Å². The van der Waals surface area contributed by atoms with Gasteiger partial charge in [0.2, 0.25) is 0 Å². The van der Waals surface area contributed by atoms with Gasteiger partial charge in [-0.05, 0) is 18.1 Å². The van der Waals surface area contributed by atoms with Crippen LogP contribution in [-0.2, 0) is 13.2 Å². The lowest BCUT2D eigenvalue weighted by Gasteiger charge is -2.04. The third-order valence-electron chi connectivity index (χ3n) is 1.70. The monoisotopic (exact) mass is 152 g/mol. The van der Waals surface area contributed by atoms with E-state index in [1.807, 2.05) is 25.1 Å². The van der Waals surface area contributed by atoms with Crippen LogP contribution in [0, 0.1) is 6.92 Å². The second-order valence-corrected chi connectivity index (χ2v) is 2.59. The molecule has 2 nitrogen and oxygen atoms in total. The molecule has 0 aliphatic rings. The van der Waals surface area contributed by atoms with Crippen LogP contribution in [0.15, 0.2) is 18.2 Å². The predicted octanol–water partition coefficient (Wildman–Crippen LogP) is 0.980. The second kappa shape index (κ2) is 3.51. The van der Waals surface area contributed by atoms with E-state index in [-0.39, 0.29) is 13.2 Å². The summed E-state index contributed by atoms with van der Waals surface area (Å²) in [6, 6.07) is 5.64. The van der Waals surface area contributed by atoms with Crippen molar-refractivity contribution in [2.24, 2.45) is 0 Å². The van der Waals surface area contributed by atoms with Gasteiger partial charge in [0.05, 0.1) is 13.2 Å². The summed E-state index contributed by atoms with van der Waals surface area (Å²) in [6.07, 6.45) is 0. The van der Waals surface area contributed by atoms with Crippen LogP contribution in [0.2, 0.25) is 0 Å². The standard InChI is InChI=1S/C9H12O2/c1-7-2-3-8(5-10)9(4-7)6-11/h2-4,10-11H,5-6H2,1H3. The van der Waals surface area contributed by atoms with Gasteiger partial charge in [-0.25, -0.2) is 0 Å². The average Bonchev–Trinajstić information content (AvgIpc) is 2.04. The Labute approximate surface area is 66.1 Å². The minimum absolute atomic E-state index is 0.00241. The summed E-state index contributed by atoms with van der Waals surface area (Å²) in [6.45, 7) is 1.95. The van der Waals surface area contributed by atoms with Crippen molar-refractivity contribution in [2.45, 2.75) is 20.1 Å². The van der Waals surface area contributed by atoms with E-state index in [2.05, 4.69) is 0 Å². The highest BCUT2D eigenvalue weighted by atomic mass is 16.3. The summed E-state index contributed by atoms with van der Waals surface area (Å²) < 4.78 is 0. The van der Waals surface area contributed by atoms with Gasteiger partial charge < -0.3 is 10.2 Å². The van der Waals surface area contributed by atoms with Crippen molar-refractivity contribution >= 4 is 0 Å². The molecule has 0 amide bonds. The maximum Gasteiger partial charge on any atom is 0.0685 e. The Balaban J connectivity index is 3.06. The average molecular weight is 152 g/mol. The molecule has 0 radical (unpaired) electrons. The molecule has 0 bridgehead atoms. The Hall–Kier alpha value is -0.860. The van der Waals surface area contributed by atoms with Crippen LogP contribution >= 0.6 is 0 Å². The zero-order valence-corrected chi connectivity index (χ0v) is 6.54. The van der Waals surface area contributed by atoms with Gasteiger partial charge in [-0.2, -0.15) is 0 Å². The minimum Gasteiger partial charge on any atom is -0.392 e. The predicted molar refractivity (Wildman–Crippen MR) is 43.0 cm³/mol. The Morgan fingerprint density at radius 2 is 1.73 bits per heavy atom. The number of rotatable bonds is 2. The van der Waals surface area contributed by atoms with Crippen LogP contribution in [0.1, 0.15) is 16.7 Å². The maximum atomic E-state index is 8.86. The molecule has 11 heavy (non-hydrogen) atoms. The zero-order valence-electron chi connectivity index (χ0n) is 6.54. The van der Waals surface area contributed by atoms with Crippen molar-refractivity contribution in [1.82, 2.24) is 0 Å². The van der Waals surface area contributed by atoms with E-state index in [1.165, 1.54) is 0 Å². The molecule has 0 atom stereocenters. The van der Waals surface area contributed by atoms with E-state index in [0.29, 0.717) is 0 Å². The Kier molecular flexibility index (Phi) is 2.63. The molecule has 0 heterocycles. The van der Waals surface area contributed by atoms with Crippen LogP contribution in [0.5, 0.6) is 0 Å². The molecule has 1 aromatic rings. The third kappa shape index (κ3) is 1.79. The normalized spacial score (nSPS) is 10.1. The van der Waals surface area contributed by atoms with E-state index in [0.717, 1.165) is 16.7 Å². The van der Waals surface area contributed by atoms with Gasteiger partial charge in [-0.3, -0.25) is 0 Å². The SMILES string of the molecule is Cc1ccc(CO)c(CO)c1. The topological polar surface area (TPSA) is 40.5 Å². The smallest absolute Gasteiger partial charge is 0.0685 e. The summed E-state index contributed by atoms with van der Waals surface area (Å²) in [7, 11) is 0. The molecular weight excluding hydrogens is 140 g/mol. The number of aliphatic hydroxyl groups excluding tert-OH is 2. The van der Waals surface area contributed by atoms with Gasteiger partial charge in [0, 0.05) is 0 Å². The van der Waals surface area contributed by atoms with Crippen molar-refractivity contribution in [3.05, 3.63) is 34.9 Å². The molecular formula is C9H12O2. The molecule has 1 aromatic carbocycles. The largest absolute Gasteiger partial charge is 0.392 e. The van der Waals surface area contributed by atoms with Gasteiger partial charge in [0.15, 0.2) is 0 Å². The van der Waals surface area contributed by atoms with Gasteiger partial charge >= 0.3 is 0 Å². The van der Waals surface area contributed by atoms with Crippen LogP contribution in [0.25, 0.3) is 0 Å². The molecule has 0 aliphatic heterocycles.